The molecule has 0 N–H and O–H groups in total. The first kappa shape index (κ1) is 6.20. The van der Waals surface area contributed by atoms with Crippen molar-refractivity contribution in [1.29, 1.82) is 0 Å². The number of nitrogens with zero attached hydrogens (tertiary/aromatic N) is 1. The highest BCUT2D eigenvalue weighted by Crippen LogP contribution is 2.05. The van der Waals surface area contributed by atoms with Crippen molar-refractivity contribution in [3.8, 4) is 0 Å². The van der Waals surface area contributed by atoms with Crippen molar-refractivity contribution in [2.45, 2.75) is 20.3 Å². The van der Waals surface area contributed by atoms with E-state index in [2.05, 4.69) is 4.99 Å². The number of rotatable bonds is 0. The molecule has 0 aromatic carbocycles. The lowest BCUT2D eigenvalue weighted by atomic mass is 10.1. The number of aliphatic imine (C=N–C) groups is 1. The van der Waals surface area contributed by atoms with Gasteiger partial charge in [0, 0.05) is 12.1 Å². The standard InChI is InChI=1S/C7H9NO/c1-5-3-4-7(9)6(2)8-5/h3H,4H2,1-2H3. The van der Waals surface area contributed by atoms with Gasteiger partial charge in [-0.3, -0.25) is 9.79 Å². The maximum Gasteiger partial charge on any atom is 0.180 e. The monoisotopic (exact) mass is 123 g/mol. The summed E-state index contributed by atoms with van der Waals surface area (Å²) < 4.78 is 0. The molecule has 0 saturated carbocycles. The molecule has 0 radical (unpaired) electrons. The molecule has 0 atom stereocenters. The van der Waals surface area contributed by atoms with Crippen LogP contribution >= 0.6 is 0 Å². The van der Waals surface area contributed by atoms with Gasteiger partial charge in [0.05, 0.1) is 5.71 Å². The summed E-state index contributed by atoms with van der Waals surface area (Å²) in [5, 5.41) is 0. The fourth-order valence-corrected chi connectivity index (χ4v) is 0.761. The average Bonchev–Trinajstić information content (AvgIpc) is 1.80. The summed E-state index contributed by atoms with van der Waals surface area (Å²) in [7, 11) is 0. The fourth-order valence-electron chi connectivity index (χ4n) is 0.761. The molecule has 0 saturated heterocycles. The zero-order chi connectivity index (χ0) is 6.85. The summed E-state index contributed by atoms with van der Waals surface area (Å²) in [4.78, 5) is 14.8. The van der Waals surface area contributed by atoms with Crippen LogP contribution in [0.2, 0.25) is 0 Å². The fraction of sp³-hybridized carbons (Fsp3) is 0.429. The molecule has 0 fully saturated rings. The number of ketones is 1. The van der Waals surface area contributed by atoms with Crippen LogP contribution in [0.1, 0.15) is 20.3 Å². The van der Waals surface area contributed by atoms with Gasteiger partial charge in [0.2, 0.25) is 0 Å². The lowest BCUT2D eigenvalue weighted by molar-refractivity contribution is -0.112. The molecule has 0 bridgehead atoms. The number of carbonyl (C=O) groups excluding carboxylic acids is 1. The number of Topliss-reactive ketones (excluding diaryl/α,β-unsaturated/α-hetero) is 1. The number of hydrogen-bond donors (Lipinski definition) is 0. The third-order valence-corrected chi connectivity index (χ3v) is 1.33. The van der Waals surface area contributed by atoms with Crippen LogP contribution in [0.4, 0.5) is 0 Å². The molecule has 48 valence electrons. The smallest absolute Gasteiger partial charge is 0.180 e. The van der Waals surface area contributed by atoms with Crippen LogP contribution in [0.25, 0.3) is 0 Å². The van der Waals surface area contributed by atoms with Crippen LogP contribution < -0.4 is 0 Å². The molecule has 1 heterocycles. The normalized spacial score (nSPS) is 19.1. The Hall–Kier alpha value is -0.920. The third-order valence-electron chi connectivity index (χ3n) is 1.33. The van der Waals surface area contributed by atoms with Crippen molar-refractivity contribution in [3.63, 3.8) is 0 Å². The van der Waals surface area contributed by atoms with E-state index in [0.29, 0.717) is 12.1 Å². The van der Waals surface area contributed by atoms with Gasteiger partial charge in [-0.25, -0.2) is 0 Å². The van der Waals surface area contributed by atoms with Crippen LogP contribution in [-0.2, 0) is 4.79 Å². The molecule has 9 heavy (non-hydrogen) atoms. The second kappa shape index (κ2) is 2.13. The van der Waals surface area contributed by atoms with Gasteiger partial charge in [-0.2, -0.15) is 0 Å². The minimum absolute atomic E-state index is 0.139. The zero-order valence-corrected chi connectivity index (χ0v) is 5.64. The Bertz CT molecular complexity index is 201. The summed E-state index contributed by atoms with van der Waals surface area (Å²) in [5.41, 5.74) is 1.59. The van der Waals surface area contributed by atoms with Crippen molar-refractivity contribution in [2.24, 2.45) is 4.99 Å². The third kappa shape index (κ3) is 1.25. The summed E-state index contributed by atoms with van der Waals surface area (Å²) in [6.07, 6.45) is 2.37. The van der Waals surface area contributed by atoms with Gasteiger partial charge in [0.15, 0.2) is 5.78 Å². The minimum atomic E-state index is 0.139. The van der Waals surface area contributed by atoms with Crippen molar-refractivity contribution in [1.82, 2.24) is 0 Å². The number of hydrogen-bond acceptors (Lipinski definition) is 2. The van der Waals surface area contributed by atoms with E-state index in [4.69, 9.17) is 0 Å². The van der Waals surface area contributed by atoms with E-state index < -0.39 is 0 Å². The average molecular weight is 123 g/mol. The van der Waals surface area contributed by atoms with Gasteiger partial charge in [-0.1, -0.05) is 6.08 Å². The summed E-state index contributed by atoms with van der Waals surface area (Å²) in [6.45, 7) is 3.65. The zero-order valence-electron chi connectivity index (χ0n) is 5.64. The molecule has 0 aromatic rings. The highest BCUT2D eigenvalue weighted by Gasteiger charge is 2.07. The summed E-state index contributed by atoms with van der Waals surface area (Å²) in [5.74, 6) is 0.139. The Morgan fingerprint density at radius 1 is 1.56 bits per heavy atom. The van der Waals surface area contributed by atoms with Gasteiger partial charge < -0.3 is 0 Å². The molecule has 0 unspecified atom stereocenters. The predicted molar refractivity (Wildman–Crippen MR) is 36.5 cm³/mol. The van der Waals surface area contributed by atoms with Crippen molar-refractivity contribution < 1.29 is 4.79 Å². The first-order valence-electron chi connectivity index (χ1n) is 2.95. The molecule has 0 aliphatic carbocycles. The highest BCUT2D eigenvalue weighted by atomic mass is 16.1. The van der Waals surface area contributed by atoms with Crippen molar-refractivity contribution in [2.75, 3.05) is 0 Å². The van der Waals surface area contributed by atoms with E-state index in [1.54, 1.807) is 6.92 Å². The molecule has 2 nitrogen and oxygen atoms in total. The Labute approximate surface area is 54.3 Å². The molecular formula is C7H9NO. The van der Waals surface area contributed by atoms with Gasteiger partial charge in [0.25, 0.3) is 0 Å². The Morgan fingerprint density at radius 3 is 2.67 bits per heavy atom. The van der Waals surface area contributed by atoms with E-state index in [1.165, 1.54) is 0 Å². The number of carbonyl (C=O) groups is 1. The van der Waals surface area contributed by atoms with E-state index in [9.17, 15) is 4.79 Å². The van der Waals surface area contributed by atoms with Crippen LogP contribution in [0.15, 0.2) is 16.8 Å². The predicted octanol–water partition coefficient (Wildman–Crippen LogP) is 1.32. The van der Waals surface area contributed by atoms with Crippen LogP contribution in [-0.4, -0.2) is 11.5 Å². The highest BCUT2D eigenvalue weighted by molar-refractivity contribution is 6.39. The quantitative estimate of drug-likeness (QED) is 0.477. The maximum absolute atomic E-state index is 10.8. The van der Waals surface area contributed by atoms with Gasteiger partial charge in [-0.05, 0) is 13.8 Å². The molecule has 0 amide bonds. The molecule has 0 aromatic heterocycles. The second-order valence-corrected chi connectivity index (χ2v) is 2.17. The van der Waals surface area contributed by atoms with Gasteiger partial charge >= 0.3 is 0 Å². The van der Waals surface area contributed by atoms with Crippen LogP contribution in [0, 0.1) is 0 Å². The maximum atomic E-state index is 10.8. The number of allylic oxidation sites excluding steroid dienone is 2. The Balaban J connectivity index is 2.87. The summed E-state index contributed by atoms with van der Waals surface area (Å²) >= 11 is 0. The van der Waals surface area contributed by atoms with E-state index in [-0.39, 0.29) is 5.78 Å². The Kier molecular flexibility index (Phi) is 1.47. The SMILES string of the molecule is CC1=CCC(=O)C(C)=N1. The minimum Gasteiger partial charge on any atom is -0.292 e. The van der Waals surface area contributed by atoms with Crippen molar-refractivity contribution >= 4 is 11.5 Å². The first-order chi connectivity index (χ1) is 4.20. The Morgan fingerprint density at radius 2 is 2.22 bits per heavy atom. The van der Waals surface area contributed by atoms with Crippen LogP contribution in [0.3, 0.4) is 0 Å². The van der Waals surface area contributed by atoms with Gasteiger partial charge in [0.1, 0.15) is 0 Å². The summed E-state index contributed by atoms with van der Waals surface area (Å²) in [6, 6.07) is 0. The van der Waals surface area contributed by atoms with E-state index in [1.807, 2.05) is 13.0 Å². The van der Waals surface area contributed by atoms with Crippen molar-refractivity contribution in [3.05, 3.63) is 11.8 Å². The molecular weight excluding hydrogens is 114 g/mol. The first-order valence-corrected chi connectivity index (χ1v) is 2.95. The largest absolute Gasteiger partial charge is 0.292 e. The molecule has 0 spiro atoms. The lowest BCUT2D eigenvalue weighted by Crippen LogP contribution is -2.11. The van der Waals surface area contributed by atoms with E-state index in [0.717, 1.165) is 5.70 Å². The second-order valence-electron chi connectivity index (χ2n) is 2.17. The molecule has 1 rings (SSSR count). The lowest BCUT2D eigenvalue weighted by Gasteiger charge is -2.03. The topological polar surface area (TPSA) is 29.4 Å². The molecule has 2 heteroatoms. The van der Waals surface area contributed by atoms with E-state index >= 15 is 0 Å². The van der Waals surface area contributed by atoms with Crippen LogP contribution in [0.5, 0.6) is 0 Å². The van der Waals surface area contributed by atoms with Gasteiger partial charge in [-0.15, -0.1) is 0 Å². The molecule has 1 aliphatic heterocycles. The molecule has 1 aliphatic rings.